The largest absolute Gasteiger partial charge is 0.482 e. The highest BCUT2D eigenvalue weighted by molar-refractivity contribution is 7.15. The molecule has 0 bridgehead atoms. The Morgan fingerprint density at radius 2 is 2.18 bits per heavy atom. The molecular formula is C19H16ClFN4O2S. The minimum absolute atomic E-state index is 0.0000353. The number of fused-ring (bicyclic) bond motifs is 1. The van der Waals surface area contributed by atoms with Crippen LogP contribution < -0.4 is 15.4 Å². The Morgan fingerprint density at radius 1 is 1.29 bits per heavy atom. The Labute approximate surface area is 169 Å². The van der Waals surface area contributed by atoms with E-state index in [1.165, 1.54) is 23.3 Å². The Balaban J connectivity index is 1.40. The summed E-state index contributed by atoms with van der Waals surface area (Å²) in [5, 5.41) is 15.0. The smallest absolute Gasteiger partial charge is 0.257 e. The van der Waals surface area contributed by atoms with Crippen molar-refractivity contribution in [2.75, 3.05) is 11.9 Å². The van der Waals surface area contributed by atoms with Crippen molar-refractivity contribution in [2.45, 2.75) is 19.6 Å². The van der Waals surface area contributed by atoms with Crippen LogP contribution in [0.5, 0.6) is 5.75 Å². The average molecular weight is 419 g/mol. The first kappa shape index (κ1) is 18.8. The lowest BCUT2D eigenvalue weighted by atomic mass is 9.98. The van der Waals surface area contributed by atoms with Gasteiger partial charge in [-0.05, 0) is 48.4 Å². The number of carbonyl (C=O) groups is 1. The van der Waals surface area contributed by atoms with E-state index in [4.69, 9.17) is 16.3 Å². The molecule has 0 aliphatic carbocycles. The maximum Gasteiger partial charge on any atom is 0.257 e. The molecule has 2 heterocycles. The number of nitrogens with zero attached hydrogens (tertiary/aromatic N) is 2. The number of anilines is 1. The quantitative estimate of drug-likeness (QED) is 0.659. The molecule has 0 saturated heterocycles. The van der Waals surface area contributed by atoms with Crippen LogP contribution in [0.15, 0.2) is 36.4 Å². The third-order valence-corrected chi connectivity index (χ3v) is 5.41. The number of ether oxygens (including phenoxy) is 1. The fourth-order valence-corrected chi connectivity index (χ4v) is 3.77. The van der Waals surface area contributed by atoms with Gasteiger partial charge in [-0.3, -0.25) is 10.1 Å². The van der Waals surface area contributed by atoms with Crippen molar-refractivity contribution in [3.8, 4) is 5.75 Å². The van der Waals surface area contributed by atoms with Gasteiger partial charge in [0.25, 0.3) is 5.91 Å². The minimum atomic E-state index is -0.548. The molecule has 3 aromatic rings. The van der Waals surface area contributed by atoms with E-state index in [2.05, 4.69) is 20.8 Å². The first-order valence-electron chi connectivity index (χ1n) is 8.63. The standard InChI is InChI=1S/C19H16ClFN4O2S/c20-14-2-1-3-15(21)17(14)27-10-16-24-25-19(28-16)23-18(26)12-4-5-13-9-22-7-6-11(13)8-12/h1-5,8,22H,6-7,9-10H2,(H,23,25,26). The second kappa shape index (κ2) is 8.22. The van der Waals surface area contributed by atoms with Crippen molar-refractivity contribution in [3.05, 3.63) is 68.9 Å². The molecule has 2 aromatic carbocycles. The van der Waals surface area contributed by atoms with Gasteiger partial charge in [-0.1, -0.05) is 35.1 Å². The molecule has 1 aliphatic rings. The SMILES string of the molecule is O=C(Nc1nnc(COc2c(F)cccc2Cl)s1)c1ccc2c(c1)CCNC2. The van der Waals surface area contributed by atoms with Crippen LogP contribution in [-0.4, -0.2) is 22.6 Å². The number of benzene rings is 2. The lowest BCUT2D eigenvalue weighted by Gasteiger charge is -2.17. The van der Waals surface area contributed by atoms with Gasteiger partial charge in [-0.25, -0.2) is 4.39 Å². The van der Waals surface area contributed by atoms with Gasteiger partial charge in [0.1, 0.15) is 6.61 Å². The predicted molar refractivity (Wildman–Crippen MR) is 105 cm³/mol. The summed E-state index contributed by atoms with van der Waals surface area (Å²) in [6.45, 7) is 1.73. The normalized spacial score (nSPS) is 13.1. The molecule has 28 heavy (non-hydrogen) atoms. The van der Waals surface area contributed by atoms with E-state index in [0.29, 0.717) is 15.7 Å². The monoisotopic (exact) mass is 418 g/mol. The van der Waals surface area contributed by atoms with E-state index in [-0.39, 0.29) is 23.3 Å². The van der Waals surface area contributed by atoms with Gasteiger partial charge >= 0.3 is 0 Å². The number of hydrogen-bond donors (Lipinski definition) is 2. The Bertz CT molecular complexity index is 1010. The molecule has 0 saturated carbocycles. The molecule has 1 aromatic heterocycles. The van der Waals surface area contributed by atoms with Gasteiger partial charge in [0.15, 0.2) is 16.6 Å². The lowest BCUT2D eigenvalue weighted by Crippen LogP contribution is -2.24. The molecule has 0 unspecified atom stereocenters. The molecular weight excluding hydrogens is 403 g/mol. The number of carbonyl (C=O) groups excluding carboxylic acids is 1. The Morgan fingerprint density at radius 3 is 3.04 bits per heavy atom. The van der Waals surface area contributed by atoms with Crippen molar-refractivity contribution in [3.63, 3.8) is 0 Å². The van der Waals surface area contributed by atoms with E-state index < -0.39 is 5.82 Å². The molecule has 9 heteroatoms. The van der Waals surface area contributed by atoms with Gasteiger partial charge in [0.2, 0.25) is 5.13 Å². The molecule has 1 aliphatic heterocycles. The second-order valence-electron chi connectivity index (χ2n) is 6.20. The zero-order valence-corrected chi connectivity index (χ0v) is 16.2. The molecule has 0 atom stereocenters. The summed E-state index contributed by atoms with van der Waals surface area (Å²) in [4.78, 5) is 12.5. The van der Waals surface area contributed by atoms with Crippen molar-refractivity contribution in [2.24, 2.45) is 0 Å². The highest BCUT2D eigenvalue weighted by Crippen LogP contribution is 2.28. The maximum atomic E-state index is 13.7. The molecule has 0 spiro atoms. The topological polar surface area (TPSA) is 76.1 Å². The van der Waals surface area contributed by atoms with Crippen molar-refractivity contribution < 1.29 is 13.9 Å². The summed E-state index contributed by atoms with van der Waals surface area (Å²) in [7, 11) is 0. The van der Waals surface area contributed by atoms with E-state index in [1.807, 2.05) is 12.1 Å². The molecule has 6 nitrogen and oxygen atoms in total. The van der Waals surface area contributed by atoms with Crippen molar-refractivity contribution in [1.29, 1.82) is 0 Å². The minimum Gasteiger partial charge on any atom is -0.482 e. The van der Waals surface area contributed by atoms with Crippen LogP contribution in [0.3, 0.4) is 0 Å². The van der Waals surface area contributed by atoms with E-state index in [1.54, 1.807) is 12.1 Å². The maximum absolute atomic E-state index is 13.7. The van der Waals surface area contributed by atoms with Crippen LogP contribution in [-0.2, 0) is 19.6 Å². The average Bonchev–Trinajstić information content (AvgIpc) is 3.14. The van der Waals surface area contributed by atoms with Crippen molar-refractivity contribution >= 4 is 34.0 Å². The van der Waals surface area contributed by atoms with Crippen LogP contribution in [0.4, 0.5) is 9.52 Å². The van der Waals surface area contributed by atoms with Gasteiger partial charge in [0, 0.05) is 12.1 Å². The summed E-state index contributed by atoms with van der Waals surface area (Å²) >= 11 is 7.09. The number of rotatable bonds is 5. The van der Waals surface area contributed by atoms with E-state index in [0.717, 1.165) is 30.8 Å². The number of nitrogens with one attached hydrogen (secondary N) is 2. The first-order chi connectivity index (χ1) is 13.6. The fourth-order valence-electron chi connectivity index (χ4n) is 2.90. The molecule has 1 amide bonds. The Kier molecular flexibility index (Phi) is 5.52. The number of halogens is 2. The Hall–Kier alpha value is -2.55. The van der Waals surface area contributed by atoms with Crippen LogP contribution in [0.1, 0.15) is 26.5 Å². The summed E-state index contributed by atoms with van der Waals surface area (Å²) in [5.74, 6) is -0.830. The van der Waals surface area contributed by atoms with Gasteiger partial charge < -0.3 is 10.1 Å². The number of aromatic nitrogens is 2. The number of amides is 1. The van der Waals surface area contributed by atoms with E-state index >= 15 is 0 Å². The number of para-hydroxylation sites is 1. The zero-order chi connectivity index (χ0) is 19.5. The van der Waals surface area contributed by atoms with Crippen LogP contribution in [0.25, 0.3) is 0 Å². The fraction of sp³-hybridized carbons (Fsp3) is 0.211. The molecule has 0 fully saturated rings. The van der Waals surface area contributed by atoms with Crippen molar-refractivity contribution in [1.82, 2.24) is 15.5 Å². The van der Waals surface area contributed by atoms with Crippen LogP contribution in [0, 0.1) is 5.82 Å². The molecule has 2 N–H and O–H groups in total. The lowest BCUT2D eigenvalue weighted by molar-refractivity contribution is 0.102. The highest BCUT2D eigenvalue weighted by Gasteiger charge is 2.15. The second-order valence-corrected chi connectivity index (χ2v) is 7.67. The molecule has 4 rings (SSSR count). The van der Waals surface area contributed by atoms with E-state index in [9.17, 15) is 9.18 Å². The summed E-state index contributed by atoms with van der Waals surface area (Å²) < 4.78 is 19.1. The van der Waals surface area contributed by atoms with Gasteiger partial charge in [-0.2, -0.15) is 0 Å². The number of hydrogen-bond acceptors (Lipinski definition) is 6. The molecule has 0 radical (unpaired) electrons. The first-order valence-corrected chi connectivity index (χ1v) is 9.82. The third kappa shape index (κ3) is 4.14. The van der Waals surface area contributed by atoms with Crippen LogP contribution in [0.2, 0.25) is 5.02 Å². The van der Waals surface area contributed by atoms with Crippen LogP contribution >= 0.6 is 22.9 Å². The summed E-state index contributed by atoms with van der Waals surface area (Å²) in [6.07, 6.45) is 0.898. The summed E-state index contributed by atoms with van der Waals surface area (Å²) in [6, 6.07) is 9.99. The predicted octanol–water partition coefficient (Wildman–Crippen LogP) is 3.81. The third-order valence-electron chi connectivity index (χ3n) is 4.30. The highest BCUT2D eigenvalue weighted by atomic mass is 35.5. The van der Waals surface area contributed by atoms with Gasteiger partial charge in [-0.15, -0.1) is 10.2 Å². The summed E-state index contributed by atoms with van der Waals surface area (Å²) in [5.41, 5.74) is 2.97. The molecule has 144 valence electrons. The van der Waals surface area contributed by atoms with Gasteiger partial charge in [0.05, 0.1) is 5.02 Å². The zero-order valence-electron chi connectivity index (χ0n) is 14.7.